The molecule has 6 nitrogen and oxygen atoms in total. The summed E-state index contributed by atoms with van der Waals surface area (Å²) >= 11 is 0. The Kier molecular flexibility index (Phi) is 5.24. The molecule has 0 amide bonds. The fourth-order valence-corrected chi connectivity index (χ4v) is 3.56. The summed E-state index contributed by atoms with van der Waals surface area (Å²) < 4.78 is 28.8. The first-order chi connectivity index (χ1) is 14.0. The molecule has 2 aromatic heterocycles. The van der Waals surface area contributed by atoms with E-state index >= 15 is 0 Å². The lowest BCUT2D eigenvalue weighted by molar-refractivity contribution is 0.623. The summed E-state index contributed by atoms with van der Waals surface area (Å²) in [5.41, 5.74) is 1.26. The van der Waals surface area contributed by atoms with Gasteiger partial charge in [-0.15, -0.1) is 0 Å². The van der Waals surface area contributed by atoms with Gasteiger partial charge in [-0.2, -0.15) is 0 Å². The number of anilines is 2. The van der Waals surface area contributed by atoms with Crippen molar-refractivity contribution >= 4 is 11.6 Å². The number of nitrogens with zero attached hydrogens (tertiary/aromatic N) is 5. The Bertz CT molecular complexity index is 1070. The Labute approximate surface area is 167 Å². The summed E-state index contributed by atoms with van der Waals surface area (Å²) in [5, 5.41) is 0. The van der Waals surface area contributed by atoms with Gasteiger partial charge >= 0.3 is 0 Å². The van der Waals surface area contributed by atoms with Crippen LogP contribution in [-0.2, 0) is 7.05 Å². The van der Waals surface area contributed by atoms with Gasteiger partial charge < -0.3 is 9.80 Å². The number of halogens is 2. The highest BCUT2D eigenvalue weighted by Gasteiger charge is 2.20. The zero-order valence-electron chi connectivity index (χ0n) is 16.1. The van der Waals surface area contributed by atoms with Crippen LogP contribution >= 0.6 is 0 Å². The standard InChI is InChI=1S/C21H21F2N5O/c1-26-20(29)13-19(17-7-8-24-14-18(17)23)25-21(26)28-10-2-9-27(11-12-28)16-5-3-15(22)4-6-16/h3-8,13-14H,2,9-12H2,1H3. The molecule has 1 aromatic carbocycles. The van der Waals surface area contributed by atoms with Gasteiger partial charge in [0.1, 0.15) is 5.82 Å². The molecule has 3 aromatic rings. The lowest BCUT2D eigenvalue weighted by Gasteiger charge is -2.25. The molecule has 0 N–H and O–H groups in total. The van der Waals surface area contributed by atoms with Crippen molar-refractivity contribution in [3.05, 3.63) is 70.8 Å². The van der Waals surface area contributed by atoms with E-state index in [-0.39, 0.29) is 16.9 Å². The van der Waals surface area contributed by atoms with Crippen LogP contribution in [0.25, 0.3) is 11.3 Å². The Morgan fingerprint density at radius 2 is 1.69 bits per heavy atom. The van der Waals surface area contributed by atoms with Crippen LogP contribution in [-0.4, -0.2) is 40.7 Å². The molecule has 3 heterocycles. The first-order valence-corrected chi connectivity index (χ1v) is 9.46. The molecule has 0 bridgehead atoms. The molecule has 4 rings (SSSR count). The maximum absolute atomic E-state index is 14.2. The summed E-state index contributed by atoms with van der Waals surface area (Å²) in [6, 6.07) is 9.30. The summed E-state index contributed by atoms with van der Waals surface area (Å²) in [6.07, 6.45) is 3.44. The van der Waals surface area contributed by atoms with E-state index in [9.17, 15) is 13.6 Å². The molecule has 29 heavy (non-hydrogen) atoms. The molecule has 1 aliphatic heterocycles. The zero-order chi connectivity index (χ0) is 20.4. The van der Waals surface area contributed by atoms with Crippen LogP contribution in [0.4, 0.5) is 20.4 Å². The summed E-state index contributed by atoms with van der Waals surface area (Å²) in [4.78, 5) is 25.1. The fourth-order valence-electron chi connectivity index (χ4n) is 3.56. The highest BCUT2D eigenvalue weighted by Crippen LogP contribution is 2.23. The number of hydrogen-bond donors (Lipinski definition) is 0. The topological polar surface area (TPSA) is 54.3 Å². The molecular formula is C21H21F2N5O. The average Bonchev–Trinajstić information content (AvgIpc) is 2.97. The van der Waals surface area contributed by atoms with E-state index in [4.69, 9.17) is 0 Å². The second-order valence-electron chi connectivity index (χ2n) is 7.00. The van der Waals surface area contributed by atoms with Crippen LogP contribution in [0.15, 0.2) is 53.6 Å². The van der Waals surface area contributed by atoms with E-state index in [1.165, 1.54) is 35.0 Å². The van der Waals surface area contributed by atoms with Gasteiger partial charge in [0.25, 0.3) is 5.56 Å². The van der Waals surface area contributed by atoms with E-state index < -0.39 is 5.82 Å². The van der Waals surface area contributed by atoms with Crippen LogP contribution in [0.3, 0.4) is 0 Å². The molecular weight excluding hydrogens is 376 g/mol. The summed E-state index contributed by atoms with van der Waals surface area (Å²) in [5.74, 6) is -0.271. The molecule has 0 atom stereocenters. The molecule has 8 heteroatoms. The molecule has 0 spiro atoms. The van der Waals surface area contributed by atoms with E-state index in [0.717, 1.165) is 24.8 Å². The maximum Gasteiger partial charge on any atom is 0.255 e. The molecule has 0 radical (unpaired) electrons. The van der Waals surface area contributed by atoms with E-state index in [0.29, 0.717) is 31.3 Å². The van der Waals surface area contributed by atoms with Gasteiger partial charge in [-0.25, -0.2) is 13.8 Å². The lowest BCUT2D eigenvalue weighted by Crippen LogP contribution is -2.35. The van der Waals surface area contributed by atoms with Crippen LogP contribution in [0.5, 0.6) is 0 Å². The maximum atomic E-state index is 14.2. The Hall–Kier alpha value is -3.29. The minimum atomic E-state index is -0.516. The zero-order valence-corrected chi connectivity index (χ0v) is 16.1. The number of benzene rings is 1. The SMILES string of the molecule is Cn1c(N2CCCN(c3ccc(F)cc3)CC2)nc(-c2ccncc2F)cc1=O. The second-order valence-corrected chi connectivity index (χ2v) is 7.00. The molecule has 0 unspecified atom stereocenters. The highest BCUT2D eigenvalue weighted by atomic mass is 19.1. The van der Waals surface area contributed by atoms with Crippen molar-refractivity contribution in [1.29, 1.82) is 0 Å². The van der Waals surface area contributed by atoms with Crippen molar-refractivity contribution in [2.45, 2.75) is 6.42 Å². The van der Waals surface area contributed by atoms with Gasteiger partial charge in [0.05, 0.1) is 11.9 Å². The largest absolute Gasteiger partial charge is 0.370 e. The lowest BCUT2D eigenvalue weighted by atomic mass is 10.2. The minimum absolute atomic E-state index is 0.249. The second kappa shape index (κ2) is 7.98. The number of aromatic nitrogens is 3. The van der Waals surface area contributed by atoms with Crippen molar-refractivity contribution in [2.24, 2.45) is 7.05 Å². The number of rotatable bonds is 3. The minimum Gasteiger partial charge on any atom is -0.370 e. The quantitative estimate of drug-likeness (QED) is 0.680. The van der Waals surface area contributed by atoms with Crippen LogP contribution < -0.4 is 15.4 Å². The van der Waals surface area contributed by atoms with Crippen molar-refractivity contribution < 1.29 is 8.78 Å². The van der Waals surface area contributed by atoms with E-state index in [1.54, 1.807) is 19.2 Å². The van der Waals surface area contributed by atoms with E-state index in [2.05, 4.69) is 14.9 Å². The highest BCUT2D eigenvalue weighted by molar-refractivity contribution is 5.60. The van der Waals surface area contributed by atoms with Crippen LogP contribution in [0, 0.1) is 11.6 Å². The van der Waals surface area contributed by atoms with Crippen molar-refractivity contribution in [3.63, 3.8) is 0 Å². The van der Waals surface area contributed by atoms with Gasteiger partial charge in [-0.05, 0) is 36.8 Å². The van der Waals surface area contributed by atoms with Gasteiger partial charge in [0.2, 0.25) is 5.95 Å². The average molecular weight is 397 g/mol. The predicted molar refractivity (Wildman–Crippen MR) is 108 cm³/mol. The van der Waals surface area contributed by atoms with Gasteiger partial charge in [0.15, 0.2) is 5.82 Å². The van der Waals surface area contributed by atoms with Crippen LogP contribution in [0.2, 0.25) is 0 Å². The molecule has 1 aliphatic rings. The first-order valence-electron chi connectivity index (χ1n) is 9.46. The van der Waals surface area contributed by atoms with Gasteiger partial charge in [-0.1, -0.05) is 0 Å². The number of pyridine rings is 1. The number of hydrogen-bond acceptors (Lipinski definition) is 5. The Morgan fingerprint density at radius 3 is 2.45 bits per heavy atom. The van der Waals surface area contributed by atoms with Gasteiger partial charge in [0, 0.05) is 56.7 Å². The fraction of sp³-hybridized carbons (Fsp3) is 0.286. The van der Waals surface area contributed by atoms with Crippen LogP contribution in [0.1, 0.15) is 6.42 Å². The Morgan fingerprint density at radius 1 is 0.966 bits per heavy atom. The molecule has 1 fully saturated rings. The summed E-state index contributed by atoms with van der Waals surface area (Å²) in [7, 11) is 1.67. The van der Waals surface area contributed by atoms with Crippen molar-refractivity contribution in [3.8, 4) is 11.3 Å². The third-order valence-corrected chi connectivity index (χ3v) is 5.13. The van der Waals surface area contributed by atoms with Crippen molar-refractivity contribution in [1.82, 2.24) is 14.5 Å². The Balaban J connectivity index is 1.62. The normalized spacial score (nSPS) is 14.7. The molecule has 0 aliphatic carbocycles. The molecule has 1 saturated heterocycles. The van der Waals surface area contributed by atoms with E-state index in [1.807, 2.05) is 4.90 Å². The monoisotopic (exact) mass is 397 g/mol. The molecule has 150 valence electrons. The predicted octanol–water partition coefficient (Wildman–Crippen LogP) is 2.84. The third kappa shape index (κ3) is 3.96. The first kappa shape index (κ1) is 19.0. The van der Waals surface area contributed by atoms with Gasteiger partial charge in [-0.3, -0.25) is 14.3 Å². The molecule has 0 saturated carbocycles. The summed E-state index contributed by atoms with van der Waals surface area (Å²) in [6.45, 7) is 2.87. The van der Waals surface area contributed by atoms with Crippen molar-refractivity contribution in [2.75, 3.05) is 36.0 Å². The smallest absolute Gasteiger partial charge is 0.255 e. The third-order valence-electron chi connectivity index (χ3n) is 5.13.